The number of nitrogens with zero attached hydrogens (tertiary/aromatic N) is 4. The number of aromatic nitrogens is 3. The van der Waals surface area contributed by atoms with E-state index in [0.29, 0.717) is 18.4 Å². The predicted molar refractivity (Wildman–Crippen MR) is 107 cm³/mol. The van der Waals surface area contributed by atoms with Crippen molar-refractivity contribution >= 4 is 16.8 Å². The molecule has 1 aliphatic heterocycles. The number of benzene rings is 1. The van der Waals surface area contributed by atoms with Gasteiger partial charge in [-0.15, -0.1) is 0 Å². The summed E-state index contributed by atoms with van der Waals surface area (Å²) in [6.45, 7) is 6.06. The van der Waals surface area contributed by atoms with E-state index in [1.807, 2.05) is 49.1 Å². The maximum Gasteiger partial charge on any atom is 0.253 e. The molecule has 1 amide bonds. The number of rotatable bonds is 4. The lowest BCUT2D eigenvalue weighted by molar-refractivity contribution is 0.0659. The number of pyridine rings is 1. The molecule has 1 aromatic carbocycles. The molecule has 6 nitrogen and oxygen atoms in total. The zero-order valence-electron chi connectivity index (χ0n) is 16.3. The van der Waals surface area contributed by atoms with Gasteiger partial charge >= 0.3 is 0 Å². The minimum absolute atomic E-state index is 0.0902. The van der Waals surface area contributed by atoms with Gasteiger partial charge in [0.25, 0.3) is 5.91 Å². The van der Waals surface area contributed by atoms with Gasteiger partial charge in [-0.05, 0) is 56.9 Å². The van der Waals surface area contributed by atoms with Gasteiger partial charge in [-0.2, -0.15) is 0 Å². The molecular weight excluding hydrogens is 352 g/mol. The van der Waals surface area contributed by atoms with E-state index in [0.717, 1.165) is 53.7 Å². The summed E-state index contributed by atoms with van der Waals surface area (Å²) in [7, 11) is 0. The first-order valence-electron chi connectivity index (χ1n) is 9.67. The molecule has 0 saturated carbocycles. The molecule has 1 aliphatic rings. The van der Waals surface area contributed by atoms with Crippen molar-refractivity contribution in [3.05, 3.63) is 59.7 Å². The van der Waals surface area contributed by atoms with E-state index < -0.39 is 0 Å². The Hall–Kier alpha value is -3.02. The number of piperidine rings is 1. The minimum Gasteiger partial charge on any atom is -0.477 e. The predicted octanol–water partition coefficient (Wildman–Crippen LogP) is 3.57. The Morgan fingerprint density at radius 3 is 2.79 bits per heavy atom. The van der Waals surface area contributed by atoms with E-state index in [4.69, 9.17) is 4.74 Å². The molecule has 2 aromatic heterocycles. The second-order valence-corrected chi connectivity index (χ2v) is 7.35. The molecule has 144 valence electrons. The van der Waals surface area contributed by atoms with Crippen molar-refractivity contribution < 1.29 is 9.53 Å². The molecule has 0 radical (unpaired) electrons. The molecule has 6 heteroatoms. The summed E-state index contributed by atoms with van der Waals surface area (Å²) in [5.41, 5.74) is 3.56. The van der Waals surface area contributed by atoms with Gasteiger partial charge in [-0.1, -0.05) is 6.07 Å². The zero-order valence-corrected chi connectivity index (χ0v) is 16.3. The Balaban J connectivity index is 1.34. The summed E-state index contributed by atoms with van der Waals surface area (Å²) < 4.78 is 5.92. The molecule has 0 N–H and O–H groups in total. The van der Waals surface area contributed by atoms with Crippen LogP contribution >= 0.6 is 0 Å². The quantitative estimate of drug-likeness (QED) is 0.696. The minimum atomic E-state index is 0.0902. The highest BCUT2D eigenvalue weighted by Crippen LogP contribution is 2.23. The largest absolute Gasteiger partial charge is 0.477 e. The van der Waals surface area contributed by atoms with Crippen molar-refractivity contribution in [3.63, 3.8) is 0 Å². The van der Waals surface area contributed by atoms with E-state index in [1.165, 1.54) is 6.33 Å². The van der Waals surface area contributed by atoms with Gasteiger partial charge in [0.2, 0.25) is 5.88 Å². The molecule has 0 aliphatic carbocycles. The molecule has 0 unspecified atom stereocenters. The van der Waals surface area contributed by atoms with Crippen LogP contribution in [0, 0.1) is 19.8 Å². The molecule has 1 fully saturated rings. The lowest BCUT2D eigenvalue weighted by atomic mass is 9.97. The third-order valence-electron chi connectivity index (χ3n) is 5.50. The highest BCUT2D eigenvalue weighted by molar-refractivity contribution is 5.97. The molecule has 3 heterocycles. The molecule has 4 rings (SSSR count). The van der Waals surface area contributed by atoms with Gasteiger partial charge in [0.1, 0.15) is 6.33 Å². The second-order valence-electron chi connectivity index (χ2n) is 7.35. The number of carbonyl (C=O) groups is 1. The van der Waals surface area contributed by atoms with E-state index in [2.05, 4.69) is 15.0 Å². The number of hydrogen-bond donors (Lipinski definition) is 0. The summed E-state index contributed by atoms with van der Waals surface area (Å²) in [5.74, 6) is 1.18. The highest BCUT2D eigenvalue weighted by atomic mass is 16.5. The van der Waals surface area contributed by atoms with E-state index >= 15 is 0 Å². The van der Waals surface area contributed by atoms with Crippen molar-refractivity contribution in [2.24, 2.45) is 5.92 Å². The highest BCUT2D eigenvalue weighted by Gasteiger charge is 2.24. The molecule has 28 heavy (non-hydrogen) atoms. The first-order chi connectivity index (χ1) is 13.6. The Kier molecular flexibility index (Phi) is 5.19. The molecular formula is C22H24N4O2. The van der Waals surface area contributed by atoms with Crippen molar-refractivity contribution in [2.75, 3.05) is 19.7 Å². The normalized spacial score (nSPS) is 15.0. The van der Waals surface area contributed by atoms with Crippen LogP contribution in [0.25, 0.3) is 10.9 Å². The summed E-state index contributed by atoms with van der Waals surface area (Å²) in [6.07, 6.45) is 5.17. The average Bonchev–Trinajstić information content (AvgIpc) is 2.74. The number of ether oxygens (including phenoxy) is 1. The fourth-order valence-electron chi connectivity index (χ4n) is 3.55. The van der Waals surface area contributed by atoms with Crippen molar-refractivity contribution in [2.45, 2.75) is 26.7 Å². The van der Waals surface area contributed by atoms with Crippen LogP contribution in [0.2, 0.25) is 0 Å². The van der Waals surface area contributed by atoms with E-state index in [9.17, 15) is 4.79 Å². The summed E-state index contributed by atoms with van der Waals surface area (Å²) >= 11 is 0. The first kappa shape index (κ1) is 18.3. The Labute approximate surface area is 164 Å². The summed E-state index contributed by atoms with van der Waals surface area (Å²) in [5, 5.41) is 0.993. The number of amides is 1. The van der Waals surface area contributed by atoms with Crippen LogP contribution in [0.5, 0.6) is 5.88 Å². The number of aryl methyl sites for hydroxylation is 1. The maximum atomic E-state index is 12.9. The molecule has 3 aromatic rings. The molecule has 0 spiro atoms. The monoisotopic (exact) mass is 376 g/mol. The van der Waals surface area contributed by atoms with Gasteiger partial charge in [-0.3, -0.25) is 9.78 Å². The van der Waals surface area contributed by atoms with Gasteiger partial charge in [0.15, 0.2) is 0 Å². The van der Waals surface area contributed by atoms with Crippen LogP contribution in [0.1, 0.15) is 34.5 Å². The number of fused-ring (bicyclic) bond motifs is 1. The SMILES string of the molecule is Cc1ncnc(OCC2CCN(C(=O)c3ccc4ncccc4c3)CC2)c1C. The third kappa shape index (κ3) is 3.81. The van der Waals surface area contributed by atoms with E-state index in [-0.39, 0.29) is 5.91 Å². The lowest BCUT2D eigenvalue weighted by Gasteiger charge is -2.32. The van der Waals surface area contributed by atoms with Gasteiger partial charge in [-0.25, -0.2) is 9.97 Å². The van der Waals surface area contributed by atoms with E-state index in [1.54, 1.807) is 6.20 Å². The molecule has 0 bridgehead atoms. The third-order valence-corrected chi connectivity index (χ3v) is 5.50. The Bertz CT molecular complexity index is 997. The van der Waals surface area contributed by atoms with Crippen molar-refractivity contribution in [3.8, 4) is 5.88 Å². The number of likely N-dealkylation sites (tertiary alicyclic amines) is 1. The fraction of sp³-hybridized carbons (Fsp3) is 0.364. The molecule has 0 atom stereocenters. The van der Waals surface area contributed by atoms with Gasteiger partial charge in [0.05, 0.1) is 12.1 Å². The fourth-order valence-corrected chi connectivity index (χ4v) is 3.55. The lowest BCUT2D eigenvalue weighted by Crippen LogP contribution is -2.39. The number of hydrogen-bond acceptors (Lipinski definition) is 5. The van der Waals surface area contributed by atoms with Gasteiger partial charge in [0, 0.05) is 41.5 Å². The smallest absolute Gasteiger partial charge is 0.253 e. The van der Waals surface area contributed by atoms with Crippen molar-refractivity contribution in [1.29, 1.82) is 0 Å². The Morgan fingerprint density at radius 2 is 1.96 bits per heavy atom. The summed E-state index contributed by atoms with van der Waals surface area (Å²) in [4.78, 5) is 27.5. The van der Waals surface area contributed by atoms with Crippen LogP contribution in [0.15, 0.2) is 42.9 Å². The Morgan fingerprint density at radius 1 is 1.14 bits per heavy atom. The van der Waals surface area contributed by atoms with Crippen LogP contribution in [0.3, 0.4) is 0 Å². The standard InChI is InChI=1S/C22H24N4O2/c1-15-16(2)24-14-25-21(15)28-13-17-7-10-26(11-8-17)22(27)19-5-6-20-18(12-19)4-3-9-23-20/h3-6,9,12,14,17H,7-8,10-11,13H2,1-2H3. The maximum absolute atomic E-state index is 12.9. The van der Waals surface area contributed by atoms with Crippen LogP contribution in [0.4, 0.5) is 0 Å². The number of carbonyl (C=O) groups excluding carboxylic acids is 1. The second kappa shape index (κ2) is 7.92. The first-order valence-corrected chi connectivity index (χ1v) is 9.67. The summed E-state index contributed by atoms with van der Waals surface area (Å²) in [6, 6.07) is 9.59. The topological polar surface area (TPSA) is 68.2 Å². The van der Waals surface area contributed by atoms with Crippen LogP contribution in [-0.2, 0) is 0 Å². The van der Waals surface area contributed by atoms with Gasteiger partial charge < -0.3 is 9.64 Å². The molecule has 1 saturated heterocycles. The average molecular weight is 376 g/mol. The van der Waals surface area contributed by atoms with Crippen molar-refractivity contribution in [1.82, 2.24) is 19.9 Å². The zero-order chi connectivity index (χ0) is 19.5. The van der Waals surface area contributed by atoms with Crippen LogP contribution in [-0.4, -0.2) is 45.5 Å². The van der Waals surface area contributed by atoms with Crippen LogP contribution < -0.4 is 4.74 Å².